The summed E-state index contributed by atoms with van der Waals surface area (Å²) in [4.78, 5) is 15.2. The molecule has 1 saturated heterocycles. The second-order valence-corrected chi connectivity index (χ2v) is 9.40. The first-order chi connectivity index (χ1) is 15.9. The molecule has 0 bridgehead atoms. The molecule has 0 N–H and O–H groups in total. The van der Waals surface area contributed by atoms with E-state index in [1.807, 2.05) is 36.9 Å². The van der Waals surface area contributed by atoms with E-state index in [0.29, 0.717) is 30.2 Å². The first-order valence-corrected chi connectivity index (χ1v) is 11.8. The highest BCUT2D eigenvalue weighted by Gasteiger charge is 2.45. The smallest absolute Gasteiger partial charge is 0.253 e. The number of methoxy groups -OCH3 is 2. The van der Waals surface area contributed by atoms with Crippen molar-refractivity contribution in [2.24, 2.45) is 0 Å². The molecule has 2 aliphatic rings. The SMILES string of the molecule is COc1cc(C(=O)N2CCC3(CC2)CC(C(C)OC)c2ccccc2O3)ccc1OC(C)C. The lowest BCUT2D eigenvalue weighted by Gasteiger charge is -2.47. The Labute approximate surface area is 196 Å². The Bertz CT molecular complexity index is 980. The largest absolute Gasteiger partial charge is 0.493 e. The van der Waals surface area contributed by atoms with Gasteiger partial charge in [0, 0.05) is 44.5 Å². The van der Waals surface area contributed by atoms with E-state index in [2.05, 4.69) is 25.1 Å². The fourth-order valence-corrected chi connectivity index (χ4v) is 5.01. The molecule has 2 atom stereocenters. The highest BCUT2D eigenvalue weighted by Crippen LogP contribution is 2.47. The minimum Gasteiger partial charge on any atom is -0.493 e. The Morgan fingerprint density at radius 1 is 1.06 bits per heavy atom. The quantitative estimate of drug-likeness (QED) is 0.612. The second-order valence-electron chi connectivity index (χ2n) is 9.40. The number of hydrogen-bond donors (Lipinski definition) is 0. The van der Waals surface area contributed by atoms with Crippen LogP contribution in [0.2, 0.25) is 0 Å². The maximum absolute atomic E-state index is 13.3. The average Bonchev–Trinajstić information content (AvgIpc) is 2.83. The van der Waals surface area contributed by atoms with Gasteiger partial charge in [-0.2, -0.15) is 0 Å². The minimum absolute atomic E-state index is 0.0114. The van der Waals surface area contributed by atoms with Crippen LogP contribution in [0.4, 0.5) is 0 Å². The van der Waals surface area contributed by atoms with Gasteiger partial charge in [-0.3, -0.25) is 4.79 Å². The number of rotatable bonds is 6. The Hall–Kier alpha value is -2.73. The van der Waals surface area contributed by atoms with Crippen molar-refractivity contribution in [3.63, 3.8) is 0 Å². The van der Waals surface area contributed by atoms with Crippen LogP contribution < -0.4 is 14.2 Å². The molecule has 6 nitrogen and oxygen atoms in total. The minimum atomic E-state index is -0.269. The first-order valence-electron chi connectivity index (χ1n) is 11.8. The number of carbonyl (C=O) groups is 1. The third kappa shape index (κ3) is 4.81. The summed E-state index contributed by atoms with van der Waals surface area (Å²) < 4.78 is 23.5. The molecular formula is C27H35NO5. The number of fused-ring (bicyclic) bond motifs is 1. The van der Waals surface area contributed by atoms with Crippen LogP contribution in [0.15, 0.2) is 42.5 Å². The van der Waals surface area contributed by atoms with Gasteiger partial charge in [-0.1, -0.05) is 18.2 Å². The number of hydrogen-bond acceptors (Lipinski definition) is 5. The van der Waals surface area contributed by atoms with E-state index in [-0.39, 0.29) is 29.6 Å². The summed E-state index contributed by atoms with van der Waals surface area (Å²) in [6.07, 6.45) is 2.63. The number of para-hydroxylation sites is 1. The van der Waals surface area contributed by atoms with E-state index in [1.54, 1.807) is 20.3 Å². The fourth-order valence-electron chi connectivity index (χ4n) is 5.01. The summed E-state index contributed by atoms with van der Waals surface area (Å²) in [5, 5.41) is 0. The molecule has 0 radical (unpaired) electrons. The third-order valence-corrected chi connectivity index (χ3v) is 6.91. The van der Waals surface area contributed by atoms with Crippen molar-refractivity contribution < 1.29 is 23.7 Å². The molecule has 0 saturated carbocycles. The Kier molecular flexibility index (Phi) is 6.84. The first kappa shape index (κ1) is 23.4. The molecule has 2 heterocycles. The van der Waals surface area contributed by atoms with Crippen molar-refractivity contribution in [2.75, 3.05) is 27.3 Å². The van der Waals surface area contributed by atoms with Crippen LogP contribution in [0.1, 0.15) is 61.9 Å². The zero-order chi connectivity index (χ0) is 23.6. The van der Waals surface area contributed by atoms with Crippen molar-refractivity contribution in [2.45, 2.75) is 63.8 Å². The zero-order valence-electron chi connectivity index (χ0n) is 20.3. The van der Waals surface area contributed by atoms with E-state index >= 15 is 0 Å². The maximum atomic E-state index is 13.3. The van der Waals surface area contributed by atoms with Crippen LogP contribution in [0.5, 0.6) is 17.2 Å². The van der Waals surface area contributed by atoms with Gasteiger partial charge in [0.2, 0.25) is 0 Å². The highest BCUT2D eigenvalue weighted by atomic mass is 16.5. The number of nitrogens with zero attached hydrogens (tertiary/aromatic N) is 1. The van der Waals surface area contributed by atoms with Crippen LogP contribution in [-0.2, 0) is 4.74 Å². The van der Waals surface area contributed by atoms with Crippen LogP contribution in [-0.4, -0.2) is 55.9 Å². The number of piperidine rings is 1. The van der Waals surface area contributed by atoms with Crippen molar-refractivity contribution in [1.82, 2.24) is 4.90 Å². The molecular weight excluding hydrogens is 418 g/mol. The summed E-state index contributed by atoms with van der Waals surface area (Å²) in [5.41, 5.74) is 1.56. The van der Waals surface area contributed by atoms with Gasteiger partial charge in [0.05, 0.1) is 19.3 Å². The predicted octanol–water partition coefficient (Wildman–Crippen LogP) is 5.06. The van der Waals surface area contributed by atoms with Gasteiger partial charge in [-0.05, 0) is 57.0 Å². The number of amides is 1. The topological polar surface area (TPSA) is 57.2 Å². The number of carbonyl (C=O) groups excluding carboxylic acids is 1. The molecule has 178 valence electrons. The summed E-state index contributed by atoms with van der Waals surface area (Å²) >= 11 is 0. The summed E-state index contributed by atoms with van der Waals surface area (Å²) in [6, 6.07) is 13.7. The molecule has 2 aromatic rings. The second kappa shape index (κ2) is 9.64. The van der Waals surface area contributed by atoms with Crippen LogP contribution in [0, 0.1) is 0 Å². The van der Waals surface area contributed by atoms with E-state index in [1.165, 1.54) is 5.56 Å². The molecule has 1 fully saturated rings. The number of likely N-dealkylation sites (tertiary alicyclic amines) is 1. The van der Waals surface area contributed by atoms with Crippen molar-refractivity contribution in [3.05, 3.63) is 53.6 Å². The molecule has 1 spiro atoms. The Morgan fingerprint density at radius 2 is 1.79 bits per heavy atom. The zero-order valence-corrected chi connectivity index (χ0v) is 20.3. The van der Waals surface area contributed by atoms with Gasteiger partial charge in [0.15, 0.2) is 11.5 Å². The lowest BCUT2D eigenvalue weighted by atomic mass is 9.75. The maximum Gasteiger partial charge on any atom is 0.253 e. The third-order valence-electron chi connectivity index (χ3n) is 6.91. The van der Waals surface area contributed by atoms with Crippen molar-refractivity contribution >= 4 is 5.91 Å². The van der Waals surface area contributed by atoms with E-state index in [0.717, 1.165) is 25.0 Å². The normalized spacial score (nSPS) is 20.2. The Balaban J connectivity index is 1.48. The van der Waals surface area contributed by atoms with Crippen molar-refractivity contribution in [3.8, 4) is 17.2 Å². The van der Waals surface area contributed by atoms with Gasteiger partial charge in [0.1, 0.15) is 11.4 Å². The molecule has 2 unspecified atom stereocenters. The van der Waals surface area contributed by atoms with Gasteiger partial charge in [0.25, 0.3) is 5.91 Å². The van der Waals surface area contributed by atoms with E-state index in [9.17, 15) is 4.79 Å². The molecule has 2 aliphatic heterocycles. The van der Waals surface area contributed by atoms with E-state index in [4.69, 9.17) is 18.9 Å². The van der Waals surface area contributed by atoms with Crippen LogP contribution in [0.3, 0.4) is 0 Å². The van der Waals surface area contributed by atoms with Crippen molar-refractivity contribution in [1.29, 1.82) is 0 Å². The molecule has 4 rings (SSSR count). The standard InChI is InChI=1S/C27H35NO5/c1-18(2)32-24-11-10-20(16-25(24)31-5)26(29)28-14-12-27(13-15-28)17-22(19(3)30-4)21-8-6-7-9-23(21)33-27/h6-11,16,18-19,22H,12-15,17H2,1-5H3. The molecule has 6 heteroatoms. The predicted molar refractivity (Wildman–Crippen MR) is 128 cm³/mol. The average molecular weight is 454 g/mol. The van der Waals surface area contributed by atoms with Crippen LogP contribution in [0.25, 0.3) is 0 Å². The van der Waals surface area contributed by atoms with Gasteiger partial charge < -0.3 is 23.8 Å². The highest BCUT2D eigenvalue weighted by molar-refractivity contribution is 5.95. The molecule has 0 aromatic heterocycles. The number of benzene rings is 2. The summed E-state index contributed by atoms with van der Waals surface area (Å²) in [6.45, 7) is 7.36. The summed E-state index contributed by atoms with van der Waals surface area (Å²) in [5.74, 6) is 2.46. The number of ether oxygens (including phenoxy) is 4. The summed E-state index contributed by atoms with van der Waals surface area (Å²) in [7, 11) is 3.36. The van der Waals surface area contributed by atoms with E-state index < -0.39 is 0 Å². The van der Waals surface area contributed by atoms with Gasteiger partial charge in [-0.15, -0.1) is 0 Å². The molecule has 2 aromatic carbocycles. The molecule has 33 heavy (non-hydrogen) atoms. The fraction of sp³-hybridized carbons (Fsp3) is 0.519. The monoisotopic (exact) mass is 453 g/mol. The Morgan fingerprint density at radius 3 is 2.45 bits per heavy atom. The van der Waals surface area contributed by atoms with Gasteiger partial charge in [-0.25, -0.2) is 0 Å². The molecule has 1 amide bonds. The molecule has 0 aliphatic carbocycles. The lowest BCUT2D eigenvalue weighted by Crippen LogP contribution is -2.52. The van der Waals surface area contributed by atoms with Gasteiger partial charge >= 0.3 is 0 Å². The van der Waals surface area contributed by atoms with Crippen LogP contribution >= 0.6 is 0 Å². The lowest BCUT2D eigenvalue weighted by molar-refractivity contribution is -0.0362.